The monoisotopic (exact) mass is 291 g/mol. The zero-order chi connectivity index (χ0) is 14.9. The van der Waals surface area contributed by atoms with Crippen LogP contribution >= 0.6 is 0 Å². The Morgan fingerprint density at radius 2 is 2.00 bits per heavy atom. The van der Waals surface area contributed by atoms with Crippen LogP contribution in [0.5, 0.6) is 0 Å². The lowest BCUT2D eigenvalue weighted by molar-refractivity contribution is -0.148. The summed E-state index contributed by atoms with van der Waals surface area (Å²) in [5.74, 6) is -0.498. The molecule has 0 fully saturated rings. The molecular weight excluding hydrogens is 271 g/mol. The lowest BCUT2D eigenvalue weighted by atomic mass is 10.1. The standard InChI is InChI=1S/C12H20F3N5/c1-4-9(16-3)8(2)19-5-6-20-10(7-19)17-18-11(20)12(13,14)15/h8-9,16H,4-7H2,1-3H3. The molecule has 0 radical (unpaired) electrons. The lowest BCUT2D eigenvalue weighted by Crippen LogP contribution is -2.49. The van der Waals surface area contributed by atoms with Gasteiger partial charge < -0.3 is 9.88 Å². The Kier molecular flexibility index (Phi) is 4.33. The summed E-state index contributed by atoms with van der Waals surface area (Å²) >= 11 is 0. The number of hydrogen-bond donors (Lipinski definition) is 1. The first kappa shape index (κ1) is 15.2. The van der Waals surface area contributed by atoms with Gasteiger partial charge in [-0.25, -0.2) is 0 Å². The molecule has 2 atom stereocenters. The second kappa shape index (κ2) is 5.69. The summed E-state index contributed by atoms with van der Waals surface area (Å²) in [4.78, 5) is 2.15. The van der Waals surface area contributed by atoms with Crippen molar-refractivity contribution in [3.8, 4) is 0 Å². The number of nitrogens with zero attached hydrogens (tertiary/aromatic N) is 4. The van der Waals surface area contributed by atoms with E-state index in [1.54, 1.807) is 0 Å². The van der Waals surface area contributed by atoms with Crippen molar-refractivity contribution in [1.29, 1.82) is 0 Å². The molecule has 1 aromatic rings. The second-order valence-electron chi connectivity index (χ2n) is 5.10. The van der Waals surface area contributed by atoms with Crippen LogP contribution in [-0.2, 0) is 19.3 Å². The van der Waals surface area contributed by atoms with Gasteiger partial charge in [0.05, 0.1) is 6.54 Å². The van der Waals surface area contributed by atoms with E-state index in [9.17, 15) is 13.2 Å². The first-order chi connectivity index (χ1) is 9.38. The molecule has 1 aliphatic heterocycles. The van der Waals surface area contributed by atoms with Crippen LogP contribution in [0, 0.1) is 0 Å². The second-order valence-corrected chi connectivity index (χ2v) is 5.10. The molecule has 0 aliphatic carbocycles. The number of aromatic nitrogens is 3. The van der Waals surface area contributed by atoms with E-state index in [2.05, 4.69) is 34.3 Å². The quantitative estimate of drug-likeness (QED) is 0.913. The highest BCUT2D eigenvalue weighted by atomic mass is 19.4. The molecule has 114 valence electrons. The number of hydrogen-bond acceptors (Lipinski definition) is 4. The summed E-state index contributed by atoms with van der Waals surface area (Å²) in [5.41, 5.74) is 0. The molecule has 1 N–H and O–H groups in total. The number of nitrogens with one attached hydrogen (secondary N) is 1. The highest BCUT2D eigenvalue weighted by molar-refractivity contribution is 5.03. The molecule has 1 aliphatic rings. The molecule has 0 saturated heterocycles. The van der Waals surface area contributed by atoms with Crippen molar-refractivity contribution in [1.82, 2.24) is 25.0 Å². The summed E-state index contributed by atoms with van der Waals surface area (Å²) in [7, 11) is 1.90. The van der Waals surface area contributed by atoms with Crippen molar-refractivity contribution in [2.45, 2.75) is 51.6 Å². The van der Waals surface area contributed by atoms with Gasteiger partial charge in [0.2, 0.25) is 5.82 Å². The summed E-state index contributed by atoms with van der Waals surface area (Å²) in [6.45, 7) is 5.44. The number of halogens is 3. The Morgan fingerprint density at radius 1 is 1.30 bits per heavy atom. The van der Waals surface area contributed by atoms with Crippen LogP contribution in [0.25, 0.3) is 0 Å². The van der Waals surface area contributed by atoms with Crippen LogP contribution in [-0.4, -0.2) is 45.3 Å². The molecule has 20 heavy (non-hydrogen) atoms. The fraction of sp³-hybridized carbons (Fsp3) is 0.833. The average molecular weight is 291 g/mol. The number of alkyl halides is 3. The summed E-state index contributed by atoms with van der Waals surface area (Å²) < 4.78 is 39.5. The van der Waals surface area contributed by atoms with Gasteiger partial charge in [-0.3, -0.25) is 4.90 Å². The number of likely N-dealkylation sites (N-methyl/N-ethyl adjacent to an activating group) is 1. The maximum absolute atomic E-state index is 12.8. The molecule has 0 spiro atoms. The van der Waals surface area contributed by atoms with E-state index in [0.717, 1.165) is 6.42 Å². The smallest absolute Gasteiger partial charge is 0.315 e. The topological polar surface area (TPSA) is 46.0 Å². The minimum Gasteiger partial charge on any atom is -0.315 e. The zero-order valence-electron chi connectivity index (χ0n) is 11.9. The third-order valence-corrected chi connectivity index (χ3v) is 4.01. The van der Waals surface area contributed by atoms with Gasteiger partial charge in [0.1, 0.15) is 5.82 Å². The first-order valence-corrected chi connectivity index (χ1v) is 6.79. The molecule has 0 bridgehead atoms. The largest absolute Gasteiger partial charge is 0.451 e. The van der Waals surface area contributed by atoms with E-state index >= 15 is 0 Å². The van der Waals surface area contributed by atoms with E-state index < -0.39 is 12.0 Å². The van der Waals surface area contributed by atoms with Gasteiger partial charge in [-0.1, -0.05) is 6.92 Å². The van der Waals surface area contributed by atoms with Crippen LogP contribution in [0.2, 0.25) is 0 Å². The Balaban J connectivity index is 2.14. The van der Waals surface area contributed by atoms with Gasteiger partial charge in [-0.15, -0.1) is 10.2 Å². The minimum absolute atomic E-state index is 0.241. The molecule has 1 aromatic heterocycles. The van der Waals surface area contributed by atoms with Gasteiger partial charge in [0.15, 0.2) is 0 Å². The minimum atomic E-state index is -4.43. The highest BCUT2D eigenvalue weighted by Crippen LogP contribution is 2.29. The third-order valence-electron chi connectivity index (χ3n) is 4.01. The molecule has 5 nitrogen and oxygen atoms in total. The highest BCUT2D eigenvalue weighted by Gasteiger charge is 2.40. The summed E-state index contributed by atoms with van der Waals surface area (Å²) in [6, 6.07) is 0.552. The zero-order valence-corrected chi connectivity index (χ0v) is 11.9. The molecular formula is C12H20F3N5. The van der Waals surface area contributed by atoms with Gasteiger partial charge in [-0.05, 0) is 20.4 Å². The summed E-state index contributed by atoms with van der Waals surface area (Å²) in [6.07, 6.45) is -3.47. The van der Waals surface area contributed by atoms with E-state index in [4.69, 9.17) is 0 Å². The predicted octanol–water partition coefficient (Wildman–Crippen LogP) is 1.50. The van der Waals surface area contributed by atoms with Crippen LogP contribution in [0.4, 0.5) is 13.2 Å². The fourth-order valence-electron chi connectivity index (χ4n) is 2.77. The van der Waals surface area contributed by atoms with Gasteiger partial charge in [-0.2, -0.15) is 13.2 Å². The van der Waals surface area contributed by atoms with Gasteiger partial charge >= 0.3 is 6.18 Å². The molecule has 0 saturated carbocycles. The molecule has 2 unspecified atom stereocenters. The van der Waals surface area contributed by atoms with Crippen LogP contribution in [0.15, 0.2) is 0 Å². The maximum atomic E-state index is 12.8. The SMILES string of the molecule is CCC(NC)C(C)N1CCn2c(nnc2C(F)(F)F)C1. The van der Waals surface area contributed by atoms with Gasteiger partial charge in [0.25, 0.3) is 0 Å². The maximum Gasteiger partial charge on any atom is 0.451 e. The first-order valence-electron chi connectivity index (χ1n) is 6.79. The third kappa shape index (κ3) is 2.80. The van der Waals surface area contributed by atoms with Crippen molar-refractivity contribution < 1.29 is 13.2 Å². The molecule has 2 heterocycles. The predicted molar refractivity (Wildman–Crippen MR) is 68.0 cm³/mol. The molecule has 8 heteroatoms. The van der Waals surface area contributed by atoms with Crippen molar-refractivity contribution in [3.63, 3.8) is 0 Å². The van der Waals surface area contributed by atoms with Crippen LogP contribution in [0.1, 0.15) is 31.9 Å². The average Bonchev–Trinajstić information content (AvgIpc) is 2.82. The number of rotatable bonds is 4. The Labute approximate surface area is 116 Å². The normalized spacial score (nSPS) is 19.7. The molecule has 2 rings (SSSR count). The van der Waals surface area contributed by atoms with Crippen molar-refractivity contribution >= 4 is 0 Å². The Morgan fingerprint density at radius 3 is 2.55 bits per heavy atom. The van der Waals surface area contributed by atoms with Crippen LogP contribution in [0.3, 0.4) is 0 Å². The van der Waals surface area contributed by atoms with E-state index in [0.29, 0.717) is 25.0 Å². The lowest BCUT2D eigenvalue weighted by Gasteiger charge is -2.36. The molecule has 0 amide bonds. The van der Waals surface area contributed by atoms with E-state index in [1.165, 1.54) is 4.57 Å². The Bertz CT molecular complexity index is 452. The van der Waals surface area contributed by atoms with Crippen molar-refractivity contribution in [3.05, 3.63) is 11.6 Å². The van der Waals surface area contributed by atoms with E-state index in [-0.39, 0.29) is 12.6 Å². The number of fused-ring (bicyclic) bond motifs is 1. The van der Waals surface area contributed by atoms with Crippen LogP contribution < -0.4 is 5.32 Å². The van der Waals surface area contributed by atoms with Crippen molar-refractivity contribution in [2.75, 3.05) is 13.6 Å². The van der Waals surface area contributed by atoms with E-state index in [1.807, 2.05) is 7.05 Å². The van der Waals surface area contributed by atoms with Gasteiger partial charge in [0, 0.05) is 25.2 Å². The van der Waals surface area contributed by atoms with Crippen molar-refractivity contribution in [2.24, 2.45) is 0 Å². The summed E-state index contributed by atoms with van der Waals surface area (Å²) in [5, 5.41) is 10.2. The fourth-order valence-corrected chi connectivity index (χ4v) is 2.77. The molecule has 0 aromatic carbocycles. The Hall–Kier alpha value is -1.15.